The number of allylic oxidation sites excluding steroid dienone is 1. The number of rotatable bonds is 4. The molecule has 0 aromatic carbocycles. The van der Waals surface area contributed by atoms with Crippen LogP contribution >= 0.6 is 0 Å². The third-order valence-electron chi connectivity index (χ3n) is 2.18. The van der Waals surface area contributed by atoms with E-state index in [4.69, 9.17) is 10.8 Å². The molecule has 0 bridgehead atoms. The van der Waals surface area contributed by atoms with Gasteiger partial charge in [0.2, 0.25) is 0 Å². The van der Waals surface area contributed by atoms with E-state index in [0.29, 0.717) is 5.82 Å². The molecular weight excluding hydrogens is 204 g/mol. The number of aromatic nitrogens is 1. The van der Waals surface area contributed by atoms with Crippen LogP contribution in [0.1, 0.15) is 19.4 Å². The number of nitrogens with zero attached hydrogens (tertiary/aromatic N) is 1. The minimum Gasteiger partial charge on any atom is -0.478 e. The van der Waals surface area contributed by atoms with E-state index in [1.165, 1.54) is 6.08 Å². The highest BCUT2D eigenvalue weighted by atomic mass is 16.4. The fourth-order valence-corrected chi connectivity index (χ4v) is 1.42. The van der Waals surface area contributed by atoms with Crippen molar-refractivity contribution in [2.45, 2.75) is 20.3 Å². The highest BCUT2D eigenvalue weighted by molar-refractivity contribution is 5.79. The number of carboxylic acids is 1. The van der Waals surface area contributed by atoms with Crippen LogP contribution in [0.15, 0.2) is 30.5 Å². The first-order valence-electron chi connectivity index (χ1n) is 5.02. The van der Waals surface area contributed by atoms with E-state index < -0.39 is 5.97 Å². The SMILES string of the molecule is CC(C)(C=CC(=O)O)Cc1ccc(N)nc1. The van der Waals surface area contributed by atoms with E-state index >= 15 is 0 Å². The van der Waals surface area contributed by atoms with Crippen molar-refractivity contribution >= 4 is 11.8 Å². The number of carbonyl (C=O) groups is 1. The molecule has 3 N–H and O–H groups in total. The quantitative estimate of drug-likeness (QED) is 0.759. The standard InChI is InChI=1S/C12H16N2O2/c1-12(2,6-5-11(15)16)7-9-3-4-10(13)14-8-9/h3-6,8H,7H2,1-2H3,(H2,13,14)(H,15,16). The van der Waals surface area contributed by atoms with Gasteiger partial charge in [0.1, 0.15) is 5.82 Å². The van der Waals surface area contributed by atoms with Crippen LogP contribution in [-0.2, 0) is 11.2 Å². The Morgan fingerprint density at radius 1 is 1.56 bits per heavy atom. The maximum Gasteiger partial charge on any atom is 0.327 e. The number of aliphatic carboxylic acids is 1. The van der Waals surface area contributed by atoms with Crippen LogP contribution in [0.5, 0.6) is 0 Å². The number of nitrogens with two attached hydrogens (primary N) is 1. The van der Waals surface area contributed by atoms with Crippen LogP contribution < -0.4 is 5.73 Å². The van der Waals surface area contributed by atoms with E-state index in [0.717, 1.165) is 12.0 Å². The summed E-state index contributed by atoms with van der Waals surface area (Å²) >= 11 is 0. The lowest BCUT2D eigenvalue weighted by atomic mass is 9.86. The fraction of sp³-hybridized carbons (Fsp3) is 0.333. The normalized spacial score (nSPS) is 11.9. The lowest BCUT2D eigenvalue weighted by Crippen LogP contribution is -2.12. The van der Waals surface area contributed by atoms with Gasteiger partial charge in [-0.05, 0) is 23.5 Å². The van der Waals surface area contributed by atoms with Crippen molar-refractivity contribution in [3.8, 4) is 0 Å². The Bertz CT molecular complexity index is 394. The Morgan fingerprint density at radius 2 is 2.25 bits per heavy atom. The first-order chi connectivity index (χ1) is 7.39. The zero-order chi connectivity index (χ0) is 12.2. The second-order valence-electron chi connectivity index (χ2n) is 4.43. The average molecular weight is 220 g/mol. The number of nitrogen functional groups attached to an aromatic ring is 1. The maximum atomic E-state index is 10.4. The minimum atomic E-state index is -0.927. The van der Waals surface area contributed by atoms with Crippen LogP contribution in [0.25, 0.3) is 0 Å². The maximum absolute atomic E-state index is 10.4. The van der Waals surface area contributed by atoms with Gasteiger partial charge in [0.15, 0.2) is 0 Å². The topological polar surface area (TPSA) is 76.2 Å². The molecule has 16 heavy (non-hydrogen) atoms. The molecule has 1 aromatic heterocycles. The molecule has 1 heterocycles. The van der Waals surface area contributed by atoms with Gasteiger partial charge in [0, 0.05) is 12.3 Å². The Hall–Kier alpha value is -1.84. The van der Waals surface area contributed by atoms with Crippen molar-refractivity contribution in [3.63, 3.8) is 0 Å². The molecule has 1 rings (SSSR count). The zero-order valence-electron chi connectivity index (χ0n) is 9.47. The van der Waals surface area contributed by atoms with Crippen molar-refractivity contribution in [2.24, 2.45) is 5.41 Å². The van der Waals surface area contributed by atoms with E-state index in [-0.39, 0.29) is 5.41 Å². The molecule has 0 fully saturated rings. The van der Waals surface area contributed by atoms with Crippen LogP contribution in [0.4, 0.5) is 5.82 Å². The highest BCUT2D eigenvalue weighted by Crippen LogP contribution is 2.23. The number of pyridine rings is 1. The molecule has 0 atom stereocenters. The Labute approximate surface area is 94.8 Å². The largest absolute Gasteiger partial charge is 0.478 e. The molecule has 0 aliphatic heterocycles. The molecule has 0 aliphatic rings. The van der Waals surface area contributed by atoms with Gasteiger partial charge in [-0.2, -0.15) is 0 Å². The van der Waals surface area contributed by atoms with E-state index in [1.807, 2.05) is 19.9 Å². The Morgan fingerprint density at radius 3 is 2.75 bits per heavy atom. The molecular formula is C12H16N2O2. The van der Waals surface area contributed by atoms with Gasteiger partial charge in [-0.3, -0.25) is 0 Å². The van der Waals surface area contributed by atoms with Gasteiger partial charge in [-0.25, -0.2) is 9.78 Å². The van der Waals surface area contributed by atoms with E-state index in [9.17, 15) is 4.79 Å². The lowest BCUT2D eigenvalue weighted by molar-refractivity contribution is -0.131. The first-order valence-corrected chi connectivity index (χ1v) is 5.02. The van der Waals surface area contributed by atoms with Crippen LogP contribution in [0, 0.1) is 5.41 Å². The molecule has 1 aromatic rings. The number of hydrogen-bond donors (Lipinski definition) is 2. The van der Waals surface area contributed by atoms with E-state index in [2.05, 4.69) is 4.98 Å². The summed E-state index contributed by atoms with van der Waals surface area (Å²) < 4.78 is 0. The average Bonchev–Trinajstić information content (AvgIpc) is 2.19. The molecule has 4 nitrogen and oxygen atoms in total. The summed E-state index contributed by atoms with van der Waals surface area (Å²) in [6, 6.07) is 3.64. The van der Waals surface area contributed by atoms with Gasteiger partial charge >= 0.3 is 5.97 Å². The molecule has 0 saturated carbocycles. The van der Waals surface area contributed by atoms with Crippen LogP contribution in [-0.4, -0.2) is 16.1 Å². The monoisotopic (exact) mass is 220 g/mol. The smallest absolute Gasteiger partial charge is 0.327 e. The predicted molar refractivity (Wildman–Crippen MR) is 62.9 cm³/mol. The third kappa shape index (κ3) is 4.13. The molecule has 0 saturated heterocycles. The summed E-state index contributed by atoms with van der Waals surface area (Å²) in [6.45, 7) is 3.95. The summed E-state index contributed by atoms with van der Waals surface area (Å²) in [4.78, 5) is 14.4. The summed E-state index contributed by atoms with van der Waals surface area (Å²) in [6.07, 6.45) is 5.30. The summed E-state index contributed by atoms with van der Waals surface area (Å²) in [5, 5.41) is 8.56. The number of anilines is 1. The second-order valence-corrected chi connectivity index (χ2v) is 4.43. The van der Waals surface area contributed by atoms with Crippen molar-refractivity contribution < 1.29 is 9.90 Å². The van der Waals surface area contributed by atoms with Crippen LogP contribution in [0.2, 0.25) is 0 Å². The number of carboxylic acid groups (broad SMARTS) is 1. The molecule has 0 amide bonds. The minimum absolute atomic E-state index is 0.212. The van der Waals surface area contributed by atoms with Gasteiger partial charge in [0.05, 0.1) is 0 Å². The summed E-state index contributed by atoms with van der Waals surface area (Å²) in [5.41, 5.74) is 6.31. The number of hydrogen-bond acceptors (Lipinski definition) is 3. The molecule has 0 radical (unpaired) electrons. The van der Waals surface area contributed by atoms with Crippen molar-refractivity contribution in [2.75, 3.05) is 5.73 Å². The van der Waals surface area contributed by atoms with Crippen molar-refractivity contribution in [1.29, 1.82) is 0 Å². The molecule has 0 spiro atoms. The van der Waals surface area contributed by atoms with Crippen LogP contribution in [0.3, 0.4) is 0 Å². The Kier molecular flexibility index (Phi) is 3.66. The third-order valence-corrected chi connectivity index (χ3v) is 2.18. The predicted octanol–water partition coefficient (Wildman–Crippen LogP) is 1.87. The molecule has 86 valence electrons. The van der Waals surface area contributed by atoms with Crippen molar-refractivity contribution in [1.82, 2.24) is 4.98 Å². The molecule has 0 unspecified atom stereocenters. The zero-order valence-corrected chi connectivity index (χ0v) is 9.47. The fourth-order valence-electron chi connectivity index (χ4n) is 1.42. The molecule has 4 heteroatoms. The molecule has 0 aliphatic carbocycles. The summed E-state index contributed by atoms with van der Waals surface area (Å²) in [7, 11) is 0. The first kappa shape index (κ1) is 12.2. The second kappa shape index (κ2) is 4.79. The van der Waals surface area contributed by atoms with Gasteiger partial charge < -0.3 is 10.8 Å². The van der Waals surface area contributed by atoms with E-state index in [1.54, 1.807) is 18.3 Å². The lowest BCUT2D eigenvalue weighted by Gasteiger charge is -2.19. The van der Waals surface area contributed by atoms with Gasteiger partial charge in [0.25, 0.3) is 0 Å². The highest BCUT2D eigenvalue weighted by Gasteiger charge is 2.15. The summed E-state index contributed by atoms with van der Waals surface area (Å²) in [5.74, 6) is -0.439. The van der Waals surface area contributed by atoms with Crippen molar-refractivity contribution in [3.05, 3.63) is 36.0 Å². The van der Waals surface area contributed by atoms with Gasteiger partial charge in [-0.1, -0.05) is 26.0 Å². The Balaban J connectivity index is 2.72. The van der Waals surface area contributed by atoms with Gasteiger partial charge in [-0.15, -0.1) is 0 Å².